The van der Waals surface area contributed by atoms with E-state index in [4.69, 9.17) is 0 Å². The van der Waals surface area contributed by atoms with E-state index >= 15 is 0 Å². The van der Waals surface area contributed by atoms with Gasteiger partial charge in [-0.1, -0.05) is 20.3 Å². The number of hydrogen-bond acceptors (Lipinski definition) is 1. The summed E-state index contributed by atoms with van der Waals surface area (Å²) in [5.41, 5.74) is 0.742. The topological polar surface area (TPSA) is 20.3 Å². The van der Waals surface area contributed by atoms with E-state index < -0.39 is 0 Å². The van der Waals surface area contributed by atoms with Gasteiger partial charge in [0.25, 0.3) is 0 Å². The Hall–Kier alpha value is -1.38. The lowest BCUT2D eigenvalue weighted by molar-refractivity contribution is -0.122. The van der Waals surface area contributed by atoms with Crippen LogP contribution in [0.3, 0.4) is 0 Å². The average molecular weight is 237 g/mol. The highest BCUT2D eigenvalue weighted by Crippen LogP contribution is 2.19. The first-order valence-corrected chi connectivity index (χ1v) is 6.13. The third-order valence-electron chi connectivity index (χ3n) is 3.02. The summed E-state index contributed by atoms with van der Waals surface area (Å²) in [5, 5.41) is 0. The minimum atomic E-state index is -0.282. The highest BCUT2D eigenvalue weighted by Gasteiger charge is 2.20. The van der Waals surface area contributed by atoms with E-state index in [-0.39, 0.29) is 17.6 Å². The maximum Gasteiger partial charge on any atom is 0.229 e. The summed E-state index contributed by atoms with van der Waals surface area (Å²) in [5.74, 6) is -0.105. The molecule has 1 rings (SSSR count). The molecule has 0 fully saturated rings. The van der Waals surface area contributed by atoms with E-state index in [0.717, 1.165) is 24.9 Å². The van der Waals surface area contributed by atoms with Crippen LogP contribution >= 0.6 is 0 Å². The zero-order valence-electron chi connectivity index (χ0n) is 10.7. The Morgan fingerprint density at radius 1 is 1.29 bits per heavy atom. The Morgan fingerprint density at radius 3 is 2.35 bits per heavy atom. The lowest BCUT2D eigenvalue weighted by Gasteiger charge is -2.22. The van der Waals surface area contributed by atoms with Crippen molar-refractivity contribution in [3.8, 4) is 0 Å². The van der Waals surface area contributed by atoms with E-state index in [2.05, 4.69) is 6.92 Å². The number of rotatable bonds is 5. The molecule has 0 spiro atoms. The summed E-state index contributed by atoms with van der Waals surface area (Å²) in [6, 6.07) is 6.01. The molecule has 0 saturated carbocycles. The second-order valence-electron chi connectivity index (χ2n) is 4.27. The molecule has 0 aliphatic carbocycles. The summed E-state index contributed by atoms with van der Waals surface area (Å²) in [6.45, 7) is 4.10. The lowest BCUT2D eigenvalue weighted by Crippen LogP contribution is -2.32. The SMILES string of the molecule is CCCC(CC)C(=O)N(C)c1ccc(F)cc1. The maximum atomic E-state index is 12.8. The van der Waals surface area contributed by atoms with Gasteiger partial charge < -0.3 is 4.90 Å². The number of nitrogens with zero attached hydrogens (tertiary/aromatic N) is 1. The van der Waals surface area contributed by atoms with Crippen LogP contribution in [0, 0.1) is 11.7 Å². The predicted octanol–water partition coefficient (Wildman–Crippen LogP) is 3.61. The maximum absolute atomic E-state index is 12.8. The fourth-order valence-electron chi connectivity index (χ4n) is 1.92. The van der Waals surface area contributed by atoms with Gasteiger partial charge in [-0.2, -0.15) is 0 Å². The molecule has 17 heavy (non-hydrogen) atoms. The Kier molecular flexibility index (Phi) is 5.13. The van der Waals surface area contributed by atoms with E-state index in [1.165, 1.54) is 12.1 Å². The number of carbonyl (C=O) groups is 1. The molecule has 0 aromatic heterocycles. The van der Waals surface area contributed by atoms with Crippen molar-refractivity contribution in [1.82, 2.24) is 0 Å². The Labute approximate surface area is 102 Å². The average Bonchev–Trinajstić information content (AvgIpc) is 2.35. The van der Waals surface area contributed by atoms with Gasteiger partial charge in [0.05, 0.1) is 0 Å². The first-order valence-electron chi connectivity index (χ1n) is 6.13. The first kappa shape index (κ1) is 13.7. The number of anilines is 1. The predicted molar refractivity (Wildman–Crippen MR) is 68.5 cm³/mol. The van der Waals surface area contributed by atoms with Crippen molar-refractivity contribution in [2.75, 3.05) is 11.9 Å². The first-order chi connectivity index (χ1) is 8.10. The normalized spacial score (nSPS) is 12.2. The zero-order valence-corrected chi connectivity index (χ0v) is 10.7. The van der Waals surface area contributed by atoms with Crippen molar-refractivity contribution in [3.63, 3.8) is 0 Å². The van der Waals surface area contributed by atoms with Crippen molar-refractivity contribution in [3.05, 3.63) is 30.1 Å². The number of hydrogen-bond donors (Lipinski definition) is 0. The van der Waals surface area contributed by atoms with Gasteiger partial charge >= 0.3 is 0 Å². The van der Waals surface area contributed by atoms with E-state index in [1.54, 1.807) is 24.1 Å². The molecule has 1 aromatic rings. The molecule has 0 bridgehead atoms. The highest BCUT2D eigenvalue weighted by atomic mass is 19.1. The number of amides is 1. The highest BCUT2D eigenvalue weighted by molar-refractivity contribution is 5.94. The monoisotopic (exact) mass is 237 g/mol. The van der Waals surface area contributed by atoms with Crippen LogP contribution < -0.4 is 4.90 Å². The molecular formula is C14H20FNO. The molecule has 1 unspecified atom stereocenters. The van der Waals surface area contributed by atoms with E-state index in [0.29, 0.717) is 0 Å². The van der Waals surface area contributed by atoms with Crippen molar-refractivity contribution in [2.24, 2.45) is 5.92 Å². The molecule has 0 saturated heterocycles. The van der Waals surface area contributed by atoms with Gasteiger partial charge in [0.2, 0.25) is 5.91 Å². The number of halogens is 1. The fourth-order valence-corrected chi connectivity index (χ4v) is 1.92. The van der Waals surface area contributed by atoms with Crippen LogP contribution in [0.5, 0.6) is 0 Å². The molecule has 2 nitrogen and oxygen atoms in total. The van der Waals surface area contributed by atoms with Crippen molar-refractivity contribution in [2.45, 2.75) is 33.1 Å². The van der Waals surface area contributed by atoms with Crippen LogP contribution in [-0.2, 0) is 4.79 Å². The number of benzene rings is 1. The van der Waals surface area contributed by atoms with Crippen LogP contribution in [0.25, 0.3) is 0 Å². The van der Waals surface area contributed by atoms with Crippen molar-refractivity contribution >= 4 is 11.6 Å². The van der Waals surface area contributed by atoms with Gasteiger partial charge in [0.1, 0.15) is 5.82 Å². The minimum Gasteiger partial charge on any atom is -0.315 e. The molecule has 0 radical (unpaired) electrons. The second kappa shape index (κ2) is 6.38. The van der Waals surface area contributed by atoms with Crippen LogP contribution in [0.4, 0.5) is 10.1 Å². The molecule has 1 atom stereocenters. The Balaban J connectivity index is 2.77. The smallest absolute Gasteiger partial charge is 0.229 e. The summed E-state index contributed by atoms with van der Waals surface area (Å²) >= 11 is 0. The molecule has 0 aliphatic heterocycles. The van der Waals surface area contributed by atoms with Crippen molar-refractivity contribution < 1.29 is 9.18 Å². The minimum absolute atomic E-state index is 0.0649. The number of carbonyl (C=O) groups excluding carboxylic acids is 1. The molecule has 0 N–H and O–H groups in total. The lowest BCUT2D eigenvalue weighted by atomic mass is 9.99. The van der Waals surface area contributed by atoms with Crippen molar-refractivity contribution in [1.29, 1.82) is 0 Å². The van der Waals surface area contributed by atoms with Crippen LogP contribution in [0.15, 0.2) is 24.3 Å². The molecule has 0 heterocycles. The van der Waals surface area contributed by atoms with Crippen LogP contribution in [-0.4, -0.2) is 13.0 Å². The molecular weight excluding hydrogens is 217 g/mol. The van der Waals surface area contributed by atoms with E-state index in [1.807, 2.05) is 6.92 Å². The Morgan fingerprint density at radius 2 is 1.88 bits per heavy atom. The summed E-state index contributed by atoms with van der Waals surface area (Å²) in [7, 11) is 1.74. The summed E-state index contributed by atoms with van der Waals surface area (Å²) in [4.78, 5) is 13.8. The quantitative estimate of drug-likeness (QED) is 0.766. The zero-order chi connectivity index (χ0) is 12.8. The fraction of sp³-hybridized carbons (Fsp3) is 0.500. The second-order valence-corrected chi connectivity index (χ2v) is 4.27. The largest absolute Gasteiger partial charge is 0.315 e. The van der Waals surface area contributed by atoms with Crippen LogP contribution in [0.1, 0.15) is 33.1 Å². The Bertz CT molecular complexity index is 361. The molecule has 1 amide bonds. The third kappa shape index (κ3) is 3.55. The van der Waals surface area contributed by atoms with E-state index in [9.17, 15) is 9.18 Å². The van der Waals surface area contributed by atoms with Gasteiger partial charge in [0.15, 0.2) is 0 Å². The standard InChI is InChI=1S/C14H20FNO/c1-4-6-11(5-2)14(17)16(3)13-9-7-12(15)8-10-13/h7-11H,4-6H2,1-3H3. The molecule has 3 heteroatoms. The van der Waals surface area contributed by atoms with Crippen LogP contribution in [0.2, 0.25) is 0 Å². The van der Waals surface area contributed by atoms with Gasteiger partial charge in [-0.25, -0.2) is 4.39 Å². The molecule has 0 aliphatic rings. The summed E-state index contributed by atoms with van der Waals surface area (Å²) < 4.78 is 12.8. The van der Waals surface area contributed by atoms with Gasteiger partial charge in [-0.3, -0.25) is 4.79 Å². The molecule has 1 aromatic carbocycles. The van der Waals surface area contributed by atoms with Gasteiger partial charge in [-0.05, 0) is 37.1 Å². The van der Waals surface area contributed by atoms with Gasteiger partial charge in [0, 0.05) is 18.7 Å². The van der Waals surface area contributed by atoms with Gasteiger partial charge in [-0.15, -0.1) is 0 Å². The third-order valence-corrected chi connectivity index (χ3v) is 3.02. The molecule has 94 valence electrons. The summed E-state index contributed by atoms with van der Waals surface area (Å²) in [6.07, 6.45) is 2.75.